The van der Waals surface area contributed by atoms with E-state index in [2.05, 4.69) is 42.6 Å². The van der Waals surface area contributed by atoms with Crippen molar-refractivity contribution in [2.24, 2.45) is 4.99 Å². The van der Waals surface area contributed by atoms with Crippen molar-refractivity contribution >= 4 is 86.7 Å². The van der Waals surface area contributed by atoms with E-state index in [9.17, 15) is 8.42 Å². The summed E-state index contributed by atoms with van der Waals surface area (Å²) in [6.45, 7) is 0. The van der Waals surface area contributed by atoms with Gasteiger partial charge >= 0.3 is 0 Å². The van der Waals surface area contributed by atoms with E-state index >= 15 is 4.79 Å². The van der Waals surface area contributed by atoms with E-state index in [0.29, 0.717) is 17.2 Å². The Morgan fingerprint density at radius 2 is 1.47 bits per heavy atom. The Kier molecular flexibility index (Phi) is 7.48. The summed E-state index contributed by atoms with van der Waals surface area (Å²) in [6.07, 6.45) is 1.60. The van der Waals surface area contributed by atoms with Gasteiger partial charge in [0.1, 0.15) is 0 Å². The molecular weight excluding hydrogens is 758 g/mol. The SMILES string of the molecule is CS(=O)(=O)NC1=C2C(=N[C@]3(C(=O)N(c4ccc5ccccc5c4)c4ccccc43)[C@@H]2c2ccc(Br)cc2)S[C@H](c2ccc(Br)cc2)C1. The minimum Gasteiger partial charge on any atom is -0.287 e. The Labute approximate surface area is 294 Å². The van der Waals surface area contributed by atoms with Crippen LogP contribution >= 0.6 is 43.6 Å². The lowest BCUT2D eigenvalue weighted by molar-refractivity contribution is -0.122. The number of nitrogens with zero attached hydrogens (tertiary/aromatic N) is 2. The van der Waals surface area contributed by atoms with Gasteiger partial charge in [-0.1, -0.05) is 116 Å². The number of thioether (sulfide) groups is 1. The third-order valence-corrected chi connectivity index (χ3v) is 11.9. The van der Waals surface area contributed by atoms with E-state index in [4.69, 9.17) is 4.99 Å². The van der Waals surface area contributed by atoms with Crippen LogP contribution in [0.4, 0.5) is 11.4 Å². The maximum absolute atomic E-state index is 15.3. The fourth-order valence-electron chi connectivity index (χ4n) is 7.07. The lowest BCUT2D eigenvalue weighted by atomic mass is 9.73. The number of carbonyl (C=O) groups excluding carboxylic acids is 1. The van der Waals surface area contributed by atoms with E-state index in [1.54, 1.807) is 16.7 Å². The summed E-state index contributed by atoms with van der Waals surface area (Å²) in [4.78, 5) is 22.5. The molecule has 234 valence electrons. The molecule has 5 aromatic carbocycles. The van der Waals surface area contributed by atoms with Crippen LogP contribution in [0.25, 0.3) is 10.8 Å². The molecule has 1 amide bonds. The average molecular weight is 786 g/mol. The van der Waals surface area contributed by atoms with E-state index in [1.807, 2.05) is 109 Å². The van der Waals surface area contributed by atoms with Gasteiger partial charge in [-0.05, 0) is 64.4 Å². The first-order chi connectivity index (χ1) is 22.6. The first kappa shape index (κ1) is 30.6. The van der Waals surface area contributed by atoms with Crippen LogP contribution in [-0.2, 0) is 20.4 Å². The molecule has 0 unspecified atom stereocenters. The Morgan fingerprint density at radius 3 is 2.17 bits per heavy atom. The molecule has 3 atom stereocenters. The highest BCUT2D eigenvalue weighted by Gasteiger charge is 2.62. The van der Waals surface area contributed by atoms with Gasteiger partial charge in [-0.25, -0.2) is 8.42 Å². The van der Waals surface area contributed by atoms with Gasteiger partial charge in [0, 0.05) is 43.1 Å². The summed E-state index contributed by atoms with van der Waals surface area (Å²) in [5.74, 6) is -0.747. The van der Waals surface area contributed by atoms with E-state index in [-0.39, 0.29) is 11.2 Å². The predicted octanol–water partition coefficient (Wildman–Crippen LogP) is 9.12. The predicted molar refractivity (Wildman–Crippen MR) is 198 cm³/mol. The molecule has 1 N–H and O–H groups in total. The number of sulfonamides is 1. The number of fused-ring (bicyclic) bond motifs is 4. The topological polar surface area (TPSA) is 78.8 Å². The second-order valence-electron chi connectivity index (χ2n) is 12.0. The van der Waals surface area contributed by atoms with Gasteiger partial charge in [0.25, 0.3) is 5.91 Å². The normalized spacial score (nSPS) is 22.1. The summed E-state index contributed by atoms with van der Waals surface area (Å²) < 4.78 is 30.5. The molecule has 5 aromatic rings. The van der Waals surface area contributed by atoms with Crippen LogP contribution in [0, 0.1) is 0 Å². The van der Waals surface area contributed by atoms with Crippen LogP contribution in [0.2, 0.25) is 0 Å². The second kappa shape index (κ2) is 11.5. The Morgan fingerprint density at radius 1 is 0.830 bits per heavy atom. The summed E-state index contributed by atoms with van der Waals surface area (Å²) in [5.41, 5.74) is 4.20. The molecule has 3 aliphatic heterocycles. The zero-order valence-corrected chi connectivity index (χ0v) is 29.8. The minimum absolute atomic E-state index is 0.112. The molecule has 8 rings (SSSR count). The van der Waals surface area contributed by atoms with Crippen LogP contribution in [-0.4, -0.2) is 25.6 Å². The van der Waals surface area contributed by atoms with Crippen LogP contribution in [0.15, 0.2) is 140 Å². The van der Waals surface area contributed by atoms with Crippen LogP contribution in [0.1, 0.15) is 34.3 Å². The molecule has 1 spiro atoms. The van der Waals surface area contributed by atoms with Crippen molar-refractivity contribution in [2.45, 2.75) is 23.1 Å². The van der Waals surface area contributed by atoms with Gasteiger partial charge in [-0.2, -0.15) is 0 Å². The first-order valence-electron chi connectivity index (χ1n) is 15.0. The van der Waals surface area contributed by atoms with Crippen molar-refractivity contribution in [2.75, 3.05) is 11.2 Å². The number of amides is 1. The highest BCUT2D eigenvalue weighted by atomic mass is 79.9. The Bertz CT molecular complexity index is 2270. The fourth-order valence-corrected chi connectivity index (χ4v) is 9.62. The zero-order chi connectivity index (χ0) is 32.5. The molecule has 0 aromatic heterocycles. The number of hydrogen-bond acceptors (Lipinski definition) is 5. The molecule has 10 heteroatoms. The van der Waals surface area contributed by atoms with Crippen molar-refractivity contribution in [3.05, 3.63) is 152 Å². The molecule has 47 heavy (non-hydrogen) atoms. The molecule has 3 aliphatic rings. The minimum atomic E-state index is -3.65. The fraction of sp³-hybridized carbons (Fsp3) is 0.135. The average Bonchev–Trinajstić information content (AvgIpc) is 3.53. The van der Waals surface area contributed by atoms with Gasteiger partial charge < -0.3 is 0 Å². The lowest BCUT2D eigenvalue weighted by Gasteiger charge is -2.32. The van der Waals surface area contributed by atoms with Gasteiger partial charge in [-0.15, -0.1) is 0 Å². The van der Waals surface area contributed by atoms with Crippen molar-refractivity contribution in [1.82, 2.24) is 4.72 Å². The molecule has 0 saturated heterocycles. The maximum atomic E-state index is 15.3. The standard InChI is InChI=1S/C37H27Br2N3O3S2/c1-47(44,45)41-30-21-32(23-10-15-26(38)16-11-23)46-35-33(30)34(24-12-17-27(39)18-13-24)37(40-35)29-8-4-5-9-31(29)42(36(37)43)28-19-14-22-6-2-3-7-25(22)20-28/h2-20,32,34,41H,21H2,1H3/t32-,34+,37-/m0/s1. The zero-order valence-electron chi connectivity index (χ0n) is 25.0. The summed E-state index contributed by atoms with van der Waals surface area (Å²) in [7, 11) is -3.65. The monoisotopic (exact) mass is 783 g/mol. The summed E-state index contributed by atoms with van der Waals surface area (Å²) in [5, 5.41) is 2.68. The Hall–Kier alpha value is -3.70. The highest BCUT2D eigenvalue weighted by molar-refractivity contribution is 9.10. The van der Waals surface area contributed by atoms with E-state index < -0.39 is 21.5 Å². The highest BCUT2D eigenvalue weighted by Crippen LogP contribution is 2.62. The lowest BCUT2D eigenvalue weighted by Crippen LogP contribution is -2.40. The molecule has 0 radical (unpaired) electrons. The number of rotatable bonds is 5. The second-order valence-corrected chi connectivity index (χ2v) is 16.8. The van der Waals surface area contributed by atoms with Gasteiger partial charge in [0.15, 0.2) is 5.54 Å². The molecule has 0 fully saturated rings. The van der Waals surface area contributed by atoms with Crippen molar-refractivity contribution in [3.8, 4) is 0 Å². The number of benzene rings is 5. The smallest absolute Gasteiger partial charge is 0.265 e. The third kappa shape index (κ3) is 5.17. The van der Waals surface area contributed by atoms with Gasteiger partial charge in [0.05, 0.1) is 22.9 Å². The van der Waals surface area contributed by atoms with Gasteiger partial charge in [0.2, 0.25) is 10.0 Å². The molecular formula is C37H27Br2N3O3S2. The quantitative estimate of drug-likeness (QED) is 0.193. The number of halogens is 2. The number of allylic oxidation sites excluding steroid dienone is 1. The number of para-hydroxylation sites is 1. The van der Waals surface area contributed by atoms with E-state index in [0.717, 1.165) is 53.4 Å². The first-order valence-corrected chi connectivity index (χ1v) is 19.4. The van der Waals surface area contributed by atoms with Crippen LogP contribution < -0.4 is 9.62 Å². The maximum Gasteiger partial charge on any atom is 0.265 e. The van der Waals surface area contributed by atoms with Crippen molar-refractivity contribution < 1.29 is 13.2 Å². The molecule has 0 aliphatic carbocycles. The number of hydrogen-bond donors (Lipinski definition) is 1. The third-order valence-electron chi connectivity index (χ3n) is 9.01. The summed E-state index contributed by atoms with van der Waals surface area (Å²) >= 11 is 8.69. The largest absolute Gasteiger partial charge is 0.287 e. The number of nitrogens with one attached hydrogen (secondary N) is 1. The van der Waals surface area contributed by atoms with Crippen molar-refractivity contribution in [1.29, 1.82) is 0 Å². The van der Waals surface area contributed by atoms with Crippen LogP contribution in [0.3, 0.4) is 0 Å². The summed E-state index contributed by atoms with van der Waals surface area (Å²) in [6, 6.07) is 38.0. The molecule has 3 heterocycles. The van der Waals surface area contributed by atoms with E-state index in [1.165, 1.54) is 6.26 Å². The number of anilines is 2. The van der Waals surface area contributed by atoms with Crippen LogP contribution in [0.5, 0.6) is 0 Å². The van der Waals surface area contributed by atoms with Crippen molar-refractivity contribution in [3.63, 3.8) is 0 Å². The number of aliphatic imine (C=N–C) groups is 1. The Balaban J connectivity index is 1.38. The molecule has 6 nitrogen and oxygen atoms in total. The van der Waals surface area contributed by atoms with Gasteiger partial charge in [-0.3, -0.25) is 19.4 Å². The molecule has 0 saturated carbocycles. The molecule has 0 bridgehead atoms. The number of carbonyl (C=O) groups is 1.